The van der Waals surface area contributed by atoms with E-state index in [4.69, 9.17) is 46.7 Å². The summed E-state index contributed by atoms with van der Waals surface area (Å²) in [5, 5.41) is 27.7. The Bertz CT molecular complexity index is 2800. The fourth-order valence-electron chi connectivity index (χ4n) is 12.2. The second kappa shape index (κ2) is 44.2. The van der Waals surface area contributed by atoms with Crippen LogP contribution in [0.25, 0.3) is 0 Å². The van der Waals surface area contributed by atoms with Crippen LogP contribution in [0.15, 0.2) is 48.6 Å². The topological polar surface area (TPSA) is 250 Å². The number of benzene rings is 1. The Labute approximate surface area is 616 Å². The molecule has 20 nitrogen and oxygen atoms in total. The predicted octanol–water partition coefficient (Wildman–Crippen LogP) is 16.8. The van der Waals surface area contributed by atoms with Gasteiger partial charge < -0.3 is 62.3 Å². The van der Waals surface area contributed by atoms with Gasteiger partial charge in [-0.05, 0) is 133 Å². The minimum absolute atomic E-state index is 0.129. The van der Waals surface area contributed by atoms with Gasteiger partial charge in [-0.15, -0.1) is 5.92 Å². The molecule has 2 fully saturated rings. The molecule has 0 radical (unpaired) electrons. The minimum atomic E-state index is -2.88. The summed E-state index contributed by atoms with van der Waals surface area (Å²) >= 11 is 0. The summed E-state index contributed by atoms with van der Waals surface area (Å²) in [5.41, 5.74) is -6.29. The van der Waals surface area contributed by atoms with Crippen molar-refractivity contribution < 1.29 is 85.7 Å². The standard InChI is InChI=1S/C80H136N2O18Si2/c1-19-22-25-33-39-49-77(93-58-59-94-77)51-41-35-29-27-31-37-43-65(68(83)81-67(69(84)82(13)73(89)91-14)62-63-45-47-64(48-46-63)92-55-24-21-3)80(71(86)87,54-57-98-102(17,18)76(10,11)12)99-70(85)66(79(90,72(88)100-74(4,5)6)53-56-97-101(15,16)75(7,8)9)44-38-32-28-30-36-42-52-78(95-60-61-96-78)50-40-34-26-23-20-2/h37-38,43-48,65-67,90H,19-20,22-23,25-36,39-42,49-62H2,1-18H3,(H,81,83)(H,86,87)/b43-37+,44-38+/t65-,66-,67+,79+,80+/m1/s1. The molecule has 102 heavy (non-hydrogen) atoms. The van der Waals surface area contributed by atoms with E-state index in [-0.39, 0.29) is 36.3 Å². The van der Waals surface area contributed by atoms with Crippen molar-refractivity contribution in [3.63, 3.8) is 0 Å². The molecule has 2 heterocycles. The Balaban J connectivity index is 2.31. The number of carbonyl (C=O) groups is 6. The summed E-state index contributed by atoms with van der Waals surface area (Å²) in [5.74, 6) is -5.15. The molecule has 0 aliphatic carbocycles. The average Bonchev–Trinajstić information content (AvgIpc) is 0.955. The number of hydrogen-bond donors (Lipinski definition) is 3. The van der Waals surface area contributed by atoms with Gasteiger partial charge in [0.1, 0.15) is 35.8 Å². The molecule has 0 spiro atoms. The van der Waals surface area contributed by atoms with Crippen molar-refractivity contribution in [3.05, 3.63) is 54.1 Å². The number of methoxy groups -OCH3 is 1. The van der Waals surface area contributed by atoms with Crippen LogP contribution in [0.1, 0.15) is 256 Å². The number of nitrogens with one attached hydrogen (secondary N) is 1. The van der Waals surface area contributed by atoms with Crippen LogP contribution in [0.5, 0.6) is 5.75 Å². The number of hydrogen-bond acceptors (Lipinski definition) is 17. The van der Waals surface area contributed by atoms with E-state index in [1.54, 1.807) is 64.1 Å². The first-order chi connectivity index (χ1) is 47.9. The lowest BCUT2D eigenvalue weighted by Gasteiger charge is -2.41. The number of carbonyl (C=O) groups excluding carboxylic acids is 5. The molecule has 582 valence electrons. The van der Waals surface area contributed by atoms with E-state index in [1.165, 1.54) is 51.3 Å². The lowest BCUT2D eigenvalue weighted by Crippen LogP contribution is -2.60. The molecule has 2 saturated heterocycles. The fourth-order valence-corrected chi connectivity index (χ4v) is 14.3. The number of ether oxygens (including phenoxy) is 8. The smallest absolute Gasteiger partial charge is 0.416 e. The van der Waals surface area contributed by atoms with Crippen LogP contribution in [0.4, 0.5) is 4.79 Å². The van der Waals surface area contributed by atoms with Gasteiger partial charge in [-0.3, -0.25) is 14.4 Å². The van der Waals surface area contributed by atoms with Gasteiger partial charge in [0.05, 0.1) is 33.5 Å². The summed E-state index contributed by atoms with van der Waals surface area (Å²) < 4.78 is 61.5. The molecule has 3 N–H and O–H groups in total. The van der Waals surface area contributed by atoms with Crippen LogP contribution in [-0.4, -0.2) is 162 Å². The normalized spacial score (nSPS) is 17.0. The van der Waals surface area contributed by atoms with Crippen LogP contribution in [0, 0.1) is 23.7 Å². The molecule has 3 rings (SSSR count). The van der Waals surface area contributed by atoms with Gasteiger partial charge in [-0.1, -0.05) is 175 Å². The van der Waals surface area contributed by atoms with Crippen molar-refractivity contribution in [2.45, 2.75) is 327 Å². The van der Waals surface area contributed by atoms with E-state index in [1.807, 2.05) is 47.0 Å². The second-order valence-corrected chi connectivity index (χ2v) is 41.6. The second-order valence-electron chi connectivity index (χ2n) is 32.0. The highest BCUT2D eigenvalue weighted by atomic mass is 28.4. The molecule has 0 saturated carbocycles. The summed E-state index contributed by atoms with van der Waals surface area (Å²) in [6.45, 7) is 33.1. The summed E-state index contributed by atoms with van der Waals surface area (Å²) in [6, 6.07) is 5.17. The molecule has 0 bridgehead atoms. The third kappa shape index (κ3) is 30.5. The maximum Gasteiger partial charge on any atom is 0.416 e. The highest BCUT2D eigenvalue weighted by molar-refractivity contribution is 6.74. The number of aliphatic hydroxyl groups is 1. The maximum atomic E-state index is 16.1. The number of nitrogens with zero attached hydrogens (tertiary/aromatic N) is 1. The van der Waals surface area contributed by atoms with Gasteiger partial charge in [0, 0.05) is 65.2 Å². The first kappa shape index (κ1) is 91.2. The van der Waals surface area contributed by atoms with Gasteiger partial charge in [-0.2, -0.15) is 0 Å². The van der Waals surface area contributed by atoms with Crippen molar-refractivity contribution in [3.8, 4) is 17.6 Å². The monoisotopic (exact) mass is 1470 g/mol. The third-order valence-electron chi connectivity index (χ3n) is 20.7. The molecule has 1 aromatic rings. The highest BCUT2D eigenvalue weighted by Crippen LogP contribution is 2.42. The molecule has 0 aromatic heterocycles. The zero-order valence-electron chi connectivity index (χ0n) is 66.3. The lowest BCUT2D eigenvalue weighted by atomic mass is 9.80. The van der Waals surface area contributed by atoms with Crippen molar-refractivity contribution in [1.82, 2.24) is 10.2 Å². The van der Waals surface area contributed by atoms with Gasteiger partial charge in [0.25, 0.3) is 5.91 Å². The Hall–Kier alpha value is -4.97. The number of carboxylic acid groups (broad SMARTS) is 1. The number of amides is 3. The first-order valence-electron chi connectivity index (χ1n) is 38.3. The number of allylic oxidation sites excluding steroid dienone is 2. The Kier molecular flexibility index (Phi) is 39.6. The van der Waals surface area contributed by atoms with Crippen molar-refractivity contribution >= 4 is 52.5 Å². The van der Waals surface area contributed by atoms with Crippen LogP contribution in [-0.2, 0) is 72.4 Å². The van der Waals surface area contributed by atoms with E-state index in [2.05, 4.69) is 51.8 Å². The molecule has 2 aliphatic rings. The number of imide groups is 1. The quantitative estimate of drug-likeness (QED) is 0.0137. The van der Waals surface area contributed by atoms with Crippen molar-refractivity contribution in [1.29, 1.82) is 0 Å². The zero-order chi connectivity index (χ0) is 76.3. The predicted molar refractivity (Wildman–Crippen MR) is 406 cm³/mol. The van der Waals surface area contributed by atoms with E-state index in [9.17, 15) is 19.8 Å². The molecule has 1 aromatic carbocycles. The number of likely N-dealkylation sites (N-methyl/N-ethyl adjacent to an activating group) is 1. The van der Waals surface area contributed by atoms with E-state index in [0.717, 1.165) is 103 Å². The van der Waals surface area contributed by atoms with Crippen molar-refractivity contribution in [2.75, 3.05) is 60.4 Å². The number of carboxylic acids is 1. The molecular formula is C80H136N2O18Si2. The average molecular weight is 1470 g/mol. The van der Waals surface area contributed by atoms with Gasteiger partial charge in [0.2, 0.25) is 11.5 Å². The van der Waals surface area contributed by atoms with Crippen molar-refractivity contribution in [2.24, 2.45) is 11.8 Å². The Morgan fingerprint density at radius 3 is 1.47 bits per heavy atom. The number of rotatable bonds is 49. The highest BCUT2D eigenvalue weighted by Gasteiger charge is 2.57. The first-order valence-corrected chi connectivity index (χ1v) is 44.1. The van der Waals surface area contributed by atoms with E-state index < -0.39 is 112 Å². The van der Waals surface area contributed by atoms with E-state index in [0.29, 0.717) is 68.3 Å². The number of unbranched alkanes of at least 4 members (excludes halogenated alkanes) is 16. The van der Waals surface area contributed by atoms with Crippen LogP contribution < -0.4 is 10.1 Å². The molecule has 2 aliphatic heterocycles. The number of aliphatic carboxylic acids is 1. The maximum absolute atomic E-state index is 16.1. The molecule has 22 heteroatoms. The largest absolute Gasteiger partial charge is 0.481 e. The number of esters is 2. The van der Waals surface area contributed by atoms with Gasteiger partial charge in [0.15, 0.2) is 33.8 Å². The molecule has 0 unspecified atom stereocenters. The summed E-state index contributed by atoms with van der Waals surface area (Å²) in [6.07, 6.45) is 25.4. The zero-order valence-corrected chi connectivity index (χ0v) is 68.3. The summed E-state index contributed by atoms with van der Waals surface area (Å²) in [4.78, 5) is 90.6. The van der Waals surface area contributed by atoms with Gasteiger partial charge >= 0.3 is 24.0 Å². The summed E-state index contributed by atoms with van der Waals surface area (Å²) in [7, 11) is -3.02. The van der Waals surface area contributed by atoms with Crippen LogP contribution in [0.3, 0.4) is 0 Å². The lowest BCUT2D eigenvalue weighted by molar-refractivity contribution is -0.201. The Morgan fingerprint density at radius 2 is 1.06 bits per heavy atom. The van der Waals surface area contributed by atoms with Gasteiger partial charge in [-0.25, -0.2) is 19.3 Å². The third-order valence-corrected chi connectivity index (χ3v) is 29.7. The van der Waals surface area contributed by atoms with Crippen LogP contribution >= 0.6 is 0 Å². The molecule has 5 atom stereocenters. The molecular weight excluding hydrogens is 1330 g/mol. The van der Waals surface area contributed by atoms with Crippen LogP contribution in [0.2, 0.25) is 36.3 Å². The Morgan fingerprint density at radius 1 is 0.627 bits per heavy atom. The fraction of sp³-hybridized carbons (Fsp3) is 0.775. The minimum Gasteiger partial charge on any atom is -0.481 e. The van der Waals surface area contributed by atoms with E-state index >= 15 is 19.2 Å². The SMILES string of the molecule is CC#CCOc1ccc(C[C@H](NC(=O)[C@@H](/C=C/CCCCCCC2(CCCCCCC)OCCO2)[C@](CCO[Si](C)(C)C(C)(C)C)(OC(=O)[C@@H](/C=C/CCCCCCC2(CCCCCCC)OCCO2)[C@@](O)(CCO[Si](C)(C)C(C)(C)C)C(=O)OC(C)(C)C)C(=O)O)C(=O)N(C)C(=O)OC)cc1. The molecule has 3 amide bonds.